The third-order valence-corrected chi connectivity index (χ3v) is 5.26. The number of rotatable bonds is 6. The van der Waals surface area contributed by atoms with Crippen molar-refractivity contribution >= 4 is 11.6 Å². The molecule has 0 radical (unpaired) electrons. The molecule has 4 nitrogen and oxygen atoms in total. The molecule has 0 saturated heterocycles. The number of halogens is 4. The summed E-state index contributed by atoms with van der Waals surface area (Å²) in [6.07, 6.45) is -3.00. The van der Waals surface area contributed by atoms with Gasteiger partial charge in [0.05, 0.1) is 5.57 Å². The summed E-state index contributed by atoms with van der Waals surface area (Å²) in [5, 5.41) is 3.06. The Morgan fingerprint density at radius 1 is 1.29 bits per heavy atom. The first-order valence-electron chi connectivity index (χ1n) is 9.24. The van der Waals surface area contributed by atoms with E-state index in [0.717, 1.165) is 25.5 Å². The van der Waals surface area contributed by atoms with Crippen LogP contribution < -0.4 is 10.7 Å². The van der Waals surface area contributed by atoms with Gasteiger partial charge in [-0.15, -0.1) is 0 Å². The van der Waals surface area contributed by atoms with Gasteiger partial charge in [-0.2, -0.15) is 17.6 Å². The topological polar surface area (TPSA) is 44.4 Å². The van der Waals surface area contributed by atoms with Gasteiger partial charge in [0.25, 0.3) is 5.91 Å². The van der Waals surface area contributed by atoms with E-state index in [2.05, 4.69) is 26.1 Å². The third-order valence-electron chi connectivity index (χ3n) is 5.26. The lowest BCUT2D eigenvalue weighted by molar-refractivity contribution is -0.153. The van der Waals surface area contributed by atoms with Crippen LogP contribution in [-0.2, 0) is 4.79 Å². The Kier molecular flexibility index (Phi) is 6.43. The van der Waals surface area contributed by atoms with Crippen LogP contribution in [0.1, 0.15) is 52.0 Å². The zero-order valence-electron chi connectivity index (χ0n) is 16.7. The fraction of sp³-hybridized carbons (Fsp3) is 0.550. The van der Waals surface area contributed by atoms with Gasteiger partial charge in [0.15, 0.2) is 6.04 Å². The number of nitrogens with zero attached hydrogens (tertiary/aromatic N) is 1. The van der Waals surface area contributed by atoms with Crippen LogP contribution in [0.4, 0.5) is 23.2 Å². The molecule has 1 aliphatic heterocycles. The first-order valence-corrected chi connectivity index (χ1v) is 9.24. The molecule has 1 aromatic carbocycles. The Bertz CT molecular complexity index is 758. The van der Waals surface area contributed by atoms with E-state index < -0.39 is 29.6 Å². The highest BCUT2D eigenvalue weighted by Gasteiger charge is 2.50. The van der Waals surface area contributed by atoms with Gasteiger partial charge in [-0.25, -0.2) is 5.43 Å². The molecule has 1 aromatic rings. The fourth-order valence-electron chi connectivity index (χ4n) is 3.39. The van der Waals surface area contributed by atoms with Crippen LogP contribution >= 0.6 is 0 Å². The Morgan fingerprint density at radius 3 is 2.46 bits per heavy atom. The molecule has 0 spiro atoms. The van der Waals surface area contributed by atoms with Crippen molar-refractivity contribution in [3.05, 3.63) is 41.4 Å². The number of anilines is 1. The standard InChI is InChI=1S/C20H27F4N3O/c1-6-19(3,4)11-12(2)13-9-7-8-10-14(13)25-18(28)15-16(20(22,23)24)26-27(5)17(15)21/h7-10,12,16,26H,6,11H2,1-5H3,(H,25,28). The van der Waals surface area contributed by atoms with Gasteiger partial charge in [-0.05, 0) is 29.4 Å². The van der Waals surface area contributed by atoms with Gasteiger partial charge in [-0.3, -0.25) is 9.80 Å². The minimum Gasteiger partial charge on any atom is -0.322 e. The number of benzene rings is 1. The number of carbonyl (C=O) groups excluding carboxylic acids is 1. The van der Waals surface area contributed by atoms with Crippen molar-refractivity contribution in [3.8, 4) is 0 Å². The summed E-state index contributed by atoms with van der Waals surface area (Å²) in [5.41, 5.74) is 2.24. The lowest BCUT2D eigenvalue weighted by atomic mass is 9.78. The van der Waals surface area contributed by atoms with Crippen LogP contribution in [0, 0.1) is 5.41 Å². The van der Waals surface area contributed by atoms with E-state index >= 15 is 0 Å². The summed E-state index contributed by atoms with van der Waals surface area (Å²) in [4.78, 5) is 12.6. The normalized spacial score (nSPS) is 19.2. The maximum atomic E-state index is 14.2. The van der Waals surface area contributed by atoms with E-state index in [9.17, 15) is 22.4 Å². The molecule has 1 aliphatic rings. The summed E-state index contributed by atoms with van der Waals surface area (Å²) >= 11 is 0. The van der Waals surface area contributed by atoms with E-state index in [0.29, 0.717) is 10.7 Å². The van der Waals surface area contributed by atoms with Crippen molar-refractivity contribution in [1.29, 1.82) is 0 Å². The van der Waals surface area contributed by atoms with Gasteiger partial charge in [0, 0.05) is 12.7 Å². The summed E-state index contributed by atoms with van der Waals surface area (Å²) in [6.45, 7) is 8.37. The van der Waals surface area contributed by atoms with Crippen molar-refractivity contribution in [2.75, 3.05) is 12.4 Å². The Labute approximate surface area is 162 Å². The predicted molar refractivity (Wildman–Crippen MR) is 101 cm³/mol. The molecular weight excluding hydrogens is 374 g/mol. The number of carbonyl (C=O) groups is 1. The average molecular weight is 401 g/mol. The molecule has 0 saturated carbocycles. The van der Waals surface area contributed by atoms with Gasteiger partial charge in [0.1, 0.15) is 0 Å². The highest BCUT2D eigenvalue weighted by atomic mass is 19.4. The SMILES string of the molecule is CCC(C)(C)CC(C)c1ccccc1NC(=O)C1=C(F)N(C)NC1C(F)(F)F. The van der Waals surface area contributed by atoms with Crippen LogP contribution in [0.2, 0.25) is 0 Å². The predicted octanol–water partition coefficient (Wildman–Crippen LogP) is 5.12. The van der Waals surface area contributed by atoms with Crippen molar-refractivity contribution in [2.24, 2.45) is 5.41 Å². The molecule has 1 heterocycles. The zero-order chi connectivity index (χ0) is 21.3. The second-order valence-electron chi connectivity index (χ2n) is 8.03. The van der Waals surface area contributed by atoms with E-state index in [1.807, 2.05) is 24.5 Å². The minimum absolute atomic E-state index is 0.0630. The number of nitrogens with one attached hydrogen (secondary N) is 2. The minimum atomic E-state index is -4.80. The molecule has 156 valence electrons. The Morgan fingerprint density at radius 2 is 1.89 bits per heavy atom. The number of hydrogen-bond donors (Lipinski definition) is 2. The largest absolute Gasteiger partial charge is 0.409 e. The maximum Gasteiger partial charge on any atom is 0.409 e. The number of amides is 1. The molecule has 0 aliphatic carbocycles. The maximum absolute atomic E-state index is 14.2. The molecular formula is C20H27F4N3O. The molecule has 0 aromatic heterocycles. The molecule has 2 unspecified atom stereocenters. The lowest BCUT2D eigenvalue weighted by Gasteiger charge is -2.28. The highest BCUT2D eigenvalue weighted by Crippen LogP contribution is 2.37. The second kappa shape index (κ2) is 8.11. The highest BCUT2D eigenvalue weighted by molar-refractivity contribution is 6.05. The summed E-state index contributed by atoms with van der Waals surface area (Å²) in [5.74, 6) is -2.28. The zero-order valence-corrected chi connectivity index (χ0v) is 16.7. The molecule has 28 heavy (non-hydrogen) atoms. The van der Waals surface area contributed by atoms with Gasteiger partial charge in [0.2, 0.25) is 5.95 Å². The number of hydrazine groups is 1. The van der Waals surface area contributed by atoms with Crippen LogP contribution in [0.5, 0.6) is 0 Å². The number of hydrogen-bond acceptors (Lipinski definition) is 3. The first kappa shape index (κ1) is 22.2. The van der Waals surface area contributed by atoms with Gasteiger partial charge >= 0.3 is 6.18 Å². The number of para-hydroxylation sites is 1. The second-order valence-corrected chi connectivity index (χ2v) is 8.03. The van der Waals surface area contributed by atoms with Crippen LogP contribution in [-0.4, -0.2) is 30.2 Å². The molecule has 0 fully saturated rings. The lowest BCUT2D eigenvalue weighted by Crippen LogP contribution is -2.46. The molecule has 2 atom stereocenters. The van der Waals surface area contributed by atoms with Crippen molar-refractivity contribution in [2.45, 2.75) is 58.7 Å². The van der Waals surface area contributed by atoms with Gasteiger partial charge in [-0.1, -0.05) is 52.3 Å². The van der Waals surface area contributed by atoms with Crippen LogP contribution in [0.15, 0.2) is 35.8 Å². The summed E-state index contributed by atoms with van der Waals surface area (Å²) < 4.78 is 53.9. The smallest absolute Gasteiger partial charge is 0.322 e. The molecule has 1 amide bonds. The first-order chi connectivity index (χ1) is 12.9. The van der Waals surface area contributed by atoms with E-state index in [1.165, 1.54) is 0 Å². The monoisotopic (exact) mass is 401 g/mol. The van der Waals surface area contributed by atoms with E-state index in [4.69, 9.17) is 0 Å². The van der Waals surface area contributed by atoms with E-state index in [-0.39, 0.29) is 11.3 Å². The summed E-state index contributed by atoms with van der Waals surface area (Å²) in [6, 6.07) is 4.55. The quantitative estimate of drug-likeness (QED) is 0.514. The van der Waals surface area contributed by atoms with Crippen molar-refractivity contribution in [3.63, 3.8) is 0 Å². The molecule has 2 N–H and O–H groups in total. The van der Waals surface area contributed by atoms with Gasteiger partial charge < -0.3 is 5.32 Å². The van der Waals surface area contributed by atoms with Crippen molar-refractivity contribution in [1.82, 2.24) is 10.4 Å². The van der Waals surface area contributed by atoms with Crippen LogP contribution in [0.3, 0.4) is 0 Å². The Hall–Kier alpha value is -2.09. The van der Waals surface area contributed by atoms with E-state index in [1.54, 1.807) is 12.1 Å². The average Bonchev–Trinajstić information content (AvgIpc) is 2.90. The Balaban J connectivity index is 2.30. The third kappa shape index (κ3) is 4.84. The molecule has 0 bridgehead atoms. The van der Waals surface area contributed by atoms with Crippen molar-refractivity contribution < 1.29 is 22.4 Å². The fourth-order valence-corrected chi connectivity index (χ4v) is 3.39. The summed E-state index contributed by atoms with van der Waals surface area (Å²) in [7, 11) is 1.09. The molecule has 2 rings (SSSR count). The van der Waals surface area contributed by atoms with Crippen LogP contribution in [0.25, 0.3) is 0 Å². The number of alkyl halides is 3. The molecule has 8 heteroatoms.